The van der Waals surface area contributed by atoms with E-state index in [1.165, 1.54) is 0 Å². The Morgan fingerprint density at radius 3 is 2.72 bits per heavy atom. The molecule has 3 atom stereocenters. The van der Waals surface area contributed by atoms with E-state index < -0.39 is 30.3 Å². The number of nitrogens with two attached hydrogens (primary N) is 1. The normalized spacial score (nSPS) is 30.9. The van der Waals surface area contributed by atoms with Crippen LogP contribution in [0, 0.1) is 5.92 Å². The number of alkyl halides is 3. The second-order valence-electron chi connectivity index (χ2n) is 5.13. The number of rotatable bonds is 3. The van der Waals surface area contributed by atoms with Gasteiger partial charge in [0.25, 0.3) is 0 Å². The summed E-state index contributed by atoms with van der Waals surface area (Å²) in [6, 6.07) is 0. The molecule has 0 aromatic heterocycles. The van der Waals surface area contributed by atoms with Gasteiger partial charge in [0.2, 0.25) is 5.91 Å². The molecule has 1 rings (SSSR count). The average Bonchev–Trinajstić information content (AvgIpc) is 2.23. The summed E-state index contributed by atoms with van der Waals surface area (Å²) in [6.07, 6.45) is -4.60. The number of amides is 1. The van der Waals surface area contributed by atoms with Gasteiger partial charge in [0.15, 0.2) is 6.10 Å². The van der Waals surface area contributed by atoms with Gasteiger partial charge in [-0.1, -0.05) is 19.8 Å². The van der Waals surface area contributed by atoms with Gasteiger partial charge in [-0.15, -0.1) is 0 Å². The molecule has 1 aliphatic carbocycles. The van der Waals surface area contributed by atoms with Gasteiger partial charge >= 0.3 is 6.18 Å². The zero-order chi connectivity index (χ0) is 14.0. The van der Waals surface area contributed by atoms with Crippen LogP contribution in [0.3, 0.4) is 0 Å². The average molecular weight is 268 g/mol. The number of aliphatic hydroxyl groups is 1. The lowest BCUT2D eigenvalue weighted by molar-refractivity contribution is -0.202. The van der Waals surface area contributed by atoms with Crippen LogP contribution in [0.1, 0.15) is 32.6 Å². The van der Waals surface area contributed by atoms with Gasteiger partial charge in [-0.2, -0.15) is 13.2 Å². The lowest BCUT2D eigenvalue weighted by Crippen LogP contribution is -2.57. The molecular formula is C11H19F3N2O2. The third kappa shape index (κ3) is 3.84. The van der Waals surface area contributed by atoms with E-state index in [0.717, 1.165) is 12.8 Å². The maximum absolute atomic E-state index is 12.1. The van der Waals surface area contributed by atoms with Gasteiger partial charge in [0.05, 0.1) is 12.1 Å². The molecule has 4 nitrogen and oxygen atoms in total. The molecule has 0 spiro atoms. The molecule has 106 valence electrons. The lowest BCUT2D eigenvalue weighted by Gasteiger charge is -2.35. The highest BCUT2D eigenvalue weighted by Gasteiger charge is 2.41. The molecule has 1 fully saturated rings. The van der Waals surface area contributed by atoms with E-state index >= 15 is 0 Å². The van der Waals surface area contributed by atoms with E-state index in [0.29, 0.717) is 12.8 Å². The van der Waals surface area contributed by atoms with Crippen LogP contribution in [-0.2, 0) is 4.79 Å². The number of aliphatic hydroxyl groups excluding tert-OH is 1. The van der Waals surface area contributed by atoms with Crippen molar-refractivity contribution in [2.24, 2.45) is 11.7 Å². The zero-order valence-corrected chi connectivity index (χ0v) is 10.3. The maximum Gasteiger partial charge on any atom is 0.416 e. The molecule has 18 heavy (non-hydrogen) atoms. The van der Waals surface area contributed by atoms with E-state index in [2.05, 4.69) is 5.32 Å². The summed E-state index contributed by atoms with van der Waals surface area (Å²) in [5, 5.41) is 10.9. The summed E-state index contributed by atoms with van der Waals surface area (Å²) >= 11 is 0. The van der Waals surface area contributed by atoms with Crippen molar-refractivity contribution < 1.29 is 23.1 Å². The smallest absolute Gasteiger partial charge is 0.382 e. The summed E-state index contributed by atoms with van der Waals surface area (Å²) < 4.78 is 36.2. The minimum absolute atomic E-state index is 0.280. The fourth-order valence-electron chi connectivity index (χ4n) is 2.28. The molecule has 4 N–H and O–H groups in total. The molecule has 0 saturated heterocycles. The second-order valence-corrected chi connectivity index (χ2v) is 5.13. The molecule has 0 aromatic rings. The fraction of sp³-hybridized carbons (Fsp3) is 0.909. The van der Waals surface area contributed by atoms with E-state index in [-0.39, 0.29) is 5.92 Å². The topological polar surface area (TPSA) is 75.4 Å². The van der Waals surface area contributed by atoms with Crippen LogP contribution >= 0.6 is 0 Å². The lowest BCUT2D eigenvalue weighted by atomic mass is 9.76. The molecular weight excluding hydrogens is 249 g/mol. The Kier molecular flexibility index (Phi) is 4.61. The van der Waals surface area contributed by atoms with Gasteiger partial charge in [-0.3, -0.25) is 4.79 Å². The third-order valence-electron chi connectivity index (χ3n) is 3.32. The quantitative estimate of drug-likeness (QED) is 0.713. The van der Waals surface area contributed by atoms with Crippen molar-refractivity contribution in [1.29, 1.82) is 0 Å². The Balaban J connectivity index is 2.50. The first-order valence-corrected chi connectivity index (χ1v) is 5.97. The molecule has 0 aromatic carbocycles. The molecule has 1 amide bonds. The maximum atomic E-state index is 12.1. The molecule has 0 heterocycles. The van der Waals surface area contributed by atoms with Crippen LogP contribution in [0.4, 0.5) is 13.2 Å². The Bertz CT molecular complexity index is 309. The zero-order valence-electron chi connectivity index (χ0n) is 10.3. The predicted octanol–water partition coefficient (Wildman–Crippen LogP) is 0.933. The molecule has 0 radical (unpaired) electrons. The number of halogens is 3. The summed E-state index contributed by atoms with van der Waals surface area (Å²) in [5.74, 6) is -0.334. The van der Waals surface area contributed by atoms with Gasteiger partial charge in [-0.05, 0) is 18.8 Å². The van der Waals surface area contributed by atoms with Crippen LogP contribution < -0.4 is 11.1 Å². The van der Waals surface area contributed by atoms with Crippen LogP contribution in [0.5, 0.6) is 0 Å². The summed E-state index contributed by atoms with van der Waals surface area (Å²) in [5.41, 5.74) is 4.81. The predicted molar refractivity (Wildman–Crippen MR) is 59.6 cm³/mol. The van der Waals surface area contributed by atoms with Crippen molar-refractivity contribution in [1.82, 2.24) is 5.32 Å². The summed E-state index contributed by atoms with van der Waals surface area (Å²) in [6.45, 7) is 1.11. The summed E-state index contributed by atoms with van der Waals surface area (Å²) in [7, 11) is 0. The Hall–Kier alpha value is -0.820. The summed E-state index contributed by atoms with van der Waals surface area (Å²) in [4.78, 5) is 11.8. The number of hydrogen-bond acceptors (Lipinski definition) is 3. The molecule has 3 unspecified atom stereocenters. The first-order valence-electron chi connectivity index (χ1n) is 5.97. The first-order chi connectivity index (χ1) is 8.15. The fourth-order valence-corrected chi connectivity index (χ4v) is 2.28. The standard InChI is InChI=1S/C11H19F3N2O2/c1-7-3-2-4-10(15,5-7)9(18)16-6-8(17)11(12,13)14/h7-8,17H,2-6,15H2,1H3,(H,16,18). The number of nitrogens with one attached hydrogen (secondary N) is 1. The number of carbonyl (C=O) groups excluding carboxylic acids is 1. The van der Waals surface area contributed by atoms with Gasteiger partial charge in [0, 0.05) is 0 Å². The van der Waals surface area contributed by atoms with Crippen LogP contribution in [-0.4, -0.2) is 35.4 Å². The highest BCUT2D eigenvalue weighted by molar-refractivity contribution is 5.86. The van der Waals surface area contributed by atoms with Crippen LogP contribution in [0.25, 0.3) is 0 Å². The van der Waals surface area contributed by atoms with E-state index in [1.807, 2.05) is 6.92 Å². The largest absolute Gasteiger partial charge is 0.416 e. The molecule has 0 aliphatic heterocycles. The Morgan fingerprint density at radius 2 is 2.22 bits per heavy atom. The van der Waals surface area contributed by atoms with Gasteiger partial charge in [0.1, 0.15) is 0 Å². The van der Waals surface area contributed by atoms with Crippen LogP contribution in [0.2, 0.25) is 0 Å². The van der Waals surface area contributed by atoms with Gasteiger partial charge in [-0.25, -0.2) is 0 Å². The van der Waals surface area contributed by atoms with Crippen molar-refractivity contribution in [2.75, 3.05) is 6.54 Å². The third-order valence-corrected chi connectivity index (χ3v) is 3.32. The first kappa shape index (κ1) is 15.2. The van der Waals surface area contributed by atoms with Gasteiger partial charge < -0.3 is 16.2 Å². The van der Waals surface area contributed by atoms with Crippen molar-refractivity contribution in [3.8, 4) is 0 Å². The highest BCUT2D eigenvalue weighted by atomic mass is 19.4. The molecule has 7 heteroatoms. The van der Waals surface area contributed by atoms with E-state index in [1.54, 1.807) is 0 Å². The van der Waals surface area contributed by atoms with Crippen molar-refractivity contribution in [3.63, 3.8) is 0 Å². The minimum atomic E-state index is -4.73. The SMILES string of the molecule is CC1CCCC(N)(C(=O)NCC(O)C(F)(F)F)C1. The number of hydrogen-bond donors (Lipinski definition) is 3. The molecule has 1 saturated carbocycles. The minimum Gasteiger partial charge on any atom is -0.382 e. The second kappa shape index (κ2) is 5.44. The van der Waals surface area contributed by atoms with E-state index in [9.17, 15) is 18.0 Å². The van der Waals surface area contributed by atoms with Crippen molar-refractivity contribution >= 4 is 5.91 Å². The molecule has 1 aliphatic rings. The molecule has 0 bridgehead atoms. The number of carbonyl (C=O) groups is 1. The van der Waals surface area contributed by atoms with Crippen molar-refractivity contribution in [2.45, 2.75) is 50.4 Å². The van der Waals surface area contributed by atoms with E-state index in [4.69, 9.17) is 10.8 Å². The van der Waals surface area contributed by atoms with Crippen LogP contribution in [0.15, 0.2) is 0 Å². The highest BCUT2D eigenvalue weighted by Crippen LogP contribution is 2.30. The monoisotopic (exact) mass is 268 g/mol. The van der Waals surface area contributed by atoms with Crippen molar-refractivity contribution in [3.05, 3.63) is 0 Å². The Morgan fingerprint density at radius 1 is 1.61 bits per heavy atom. The Labute approximate surface area is 104 Å².